The molecule has 37 heavy (non-hydrogen) atoms. The summed E-state index contributed by atoms with van der Waals surface area (Å²) in [6, 6.07) is 24.8. The largest absolute Gasteiger partial charge is 0.497 e. The van der Waals surface area contributed by atoms with Crippen LogP contribution in [-0.2, 0) is 17.6 Å². The van der Waals surface area contributed by atoms with Gasteiger partial charge in [0.25, 0.3) is 5.56 Å². The zero-order valence-electron chi connectivity index (χ0n) is 21.5. The van der Waals surface area contributed by atoms with E-state index in [1.807, 2.05) is 28.8 Å². The van der Waals surface area contributed by atoms with Crippen LogP contribution in [-0.4, -0.2) is 16.7 Å². The minimum Gasteiger partial charge on any atom is -0.497 e. The first-order chi connectivity index (χ1) is 18.1. The van der Waals surface area contributed by atoms with Crippen LogP contribution in [0.15, 0.2) is 82.7 Å². The zero-order chi connectivity index (χ0) is 25.4. The maximum atomic E-state index is 14.7. The standard InChI is InChI=1S/C32H32N2O2S/c1-22-11-4-5-13-24(22)21-37-31-33-29-27-16-7-6-12-23(27)20-32(17-8-3-9-18-32)28(29)30(35)34(31)25-14-10-15-26(19-25)36-2/h4-7,10-16,19H,3,8-9,17-18,20-21H2,1-2H3. The maximum Gasteiger partial charge on any atom is 0.263 e. The summed E-state index contributed by atoms with van der Waals surface area (Å²) in [5.74, 6) is 1.48. The monoisotopic (exact) mass is 508 g/mol. The molecule has 0 atom stereocenters. The van der Waals surface area contributed by atoms with Gasteiger partial charge in [-0.3, -0.25) is 9.36 Å². The van der Waals surface area contributed by atoms with Crippen molar-refractivity contribution in [3.05, 3.63) is 105 Å². The van der Waals surface area contributed by atoms with E-state index in [-0.39, 0.29) is 11.0 Å². The Morgan fingerprint density at radius 1 is 0.973 bits per heavy atom. The summed E-state index contributed by atoms with van der Waals surface area (Å²) in [7, 11) is 1.66. The topological polar surface area (TPSA) is 44.1 Å². The van der Waals surface area contributed by atoms with Gasteiger partial charge in [-0.15, -0.1) is 0 Å². The fraction of sp³-hybridized carbons (Fsp3) is 0.312. The Bertz CT molecular complexity index is 1520. The molecule has 0 saturated heterocycles. The van der Waals surface area contributed by atoms with Crippen molar-refractivity contribution in [2.45, 2.75) is 61.8 Å². The molecule has 4 nitrogen and oxygen atoms in total. The van der Waals surface area contributed by atoms with E-state index in [2.05, 4.69) is 55.5 Å². The quantitative estimate of drug-likeness (QED) is 0.210. The molecule has 4 aromatic rings. The molecule has 2 aliphatic carbocycles. The molecule has 2 aliphatic rings. The SMILES string of the molecule is COc1cccc(-n2c(SCc3ccccc3C)nc3c(c2=O)C2(CCCCC2)Cc2ccccc2-3)c1. The first-order valence-electron chi connectivity index (χ1n) is 13.2. The molecule has 0 radical (unpaired) electrons. The van der Waals surface area contributed by atoms with E-state index >= 15 is 0 Å². The molecule has 0 N–H and O–H groups in total. The van der Waals surface area contributed by atoms with E-state index in [0.29, 0.717) is 0 Å². The van der Waals surface area contributed by atoms with Gasteiger partial charge in [-0.05, 0) is 55.0 Å². The summed E-state index contributed by atoms with van der Waals surface area (Å²) in [6.07, 6.45) is 6.55. The van der Waals surface area contributed by atoms with Gasteiger partial charge in [-0.25, -0.2) is 4.98 Å². The Hall–Kier alpha value is -3.31. The number of nitrogens with zero attached hydrogens (tertiary/aromatic N) is 2. The summed E-state index contributed by atoms with van der Waals surface area (Å²) >= 11 is 1.63. The highest BCUT2D eigenvalue weighted by molar-refractivity contribution is 7.98. The molecule has 6 rings (SSSR count). The molecule has 0 bridgehead atoms. The van der Waals surface area contributed by atoms with Crippen LogP contribution in [0.1, 0.15) is 54.4 Å². The second-order valence-electron chi connectivity index (χ2n) is 10.4. The Labute approximate surface area is 222 Å². The number of hydrogen-bond donors (Lipinski definition) is 0. The molecule has 1 fully saturated rings. The number of methoxy groups -OCH3 is 1. The molecule has 1 aromatic heterocycles. The van der Waals surface area contributed by atoms with Crippen LogP contribution in [0.4, 0.5) is 0 Å². The lowest BCUT2D eigenvalue weighted by molar-refractivity contribution is 0.283. The Kier molecular flexibility index (Phi) is 6.41. The number of benzene rings is 3. The van der Waals surface area contributed by atoms with Crippen molar-refractivity contribution in [1.29, 1.82) is 0 Å². The summed E-state index contributed by atoms with van der Waals surface area (Å²) in [4.78, 5) is 20.0. The van der Waals surface area contributed by atoms with E-state index in [9.17, 15) is 4.79 Å². The van der Waals surface area contributed by atoms with Gasteiger partial charge in [0.1, 0.15) is 5.75 Å². The van der Waals surface area contributed by atoms with Crippen molar-refractivity contribution in [3.8, 4) is 22.7 Å². The van der Waals surface area contributed by atoms with Crippen LogP contribution in [0.3, 0.4) is 0 Å². The average molecular weight is 509 g/mol. The van der Waals surface area contributed by atoms with Crippen molar-refractivity contribution in [3.63, 3.8) is 0 Å². The van der Waals surface area contributed by atoms with Crippen LogP contribution >= 0.6 is 11.8 Å². The number of rotatable bonds is 5. The Morgan fingerprint density at radius 2 is 1.76 bits per heavy atom. The molecule has 5 heteroatoms. The van der Waals surface area contributed by atoms with Crippen molar-refractivity contribution in [2.24, 2.45) is 0 Å². The van der Waals surface area contributed by atoms with Crippen molar-refractivity contribution >= 4 is 11.8 Å². The third kappa shape index (κ3) is 4.29. The lowest BCUT2D eigenvalue weighted by Crippen LogP contribution is -2.42. The van der Waals surface area contributed by atoms with Crippen LogP contribution in [0.25, 0.3) is 16.9 Å². The van der Waals surface area contributed by atoms with E-state index in [0.717, 1.165) is 71.3 Å². The second-order valence-corrected chi connectivity index (χ2v) is 11.3. The Morgan fingerprint density at radius 3 is 2.57 bits per heavy atom. The average Bonchev–Trinajstić information content (AvgIpc) is 2.93. The number of fused-ring (bicyclic) bond motifs is 4. The predicted molar refractivity (Wildman–Crippen MR) is 151 cm³/mol. The fourth-order valence-electron chi connectivity index (χ4n) is 6.18. The van der Waals surface area contributed by atoms with Crippen LogP contribution in [0.5, 0.6) is 5.75 Å². The summed E-state index contributed by atoms with van der Waals surface area (Å²) < 4.78 is 7.37. The smallest absolute Gasteiger partial charge is 0.263 e. The fourth-order valence-corrected chi connectivity index (χ4v) is 7.26. The summed E-state index contributed by atoms with van der Waals surface area (Å²) in [5.41, 5.74) is 7.45. The van der Waals surface area contributed by atoms with E-state index in [1.165, 1.54) is 23.1 Å². The summed E-state index contributed by atoms with van der Waals surface area (Å²) in [6.45, 7) is 2.13. The summed E-state index contributed by atoms with van der Waals surface area (Å²) in [5, 5.41) is 0.725. The lowest BCUT2D eigenvalue weighted by atomic mass is 9.62. The molecule has 0 aliphatic heterocycles. The van der Waals surface area contributed by atoms with E-state index in [1.54, 1.807) is 18.9 Å². The Balaban J connectivity index is 1.59. The van der Waals surface area contributed by atoms with E-state index in [4.69, 9.17) is 9.72 Å². The number of aromatic nitrogens is 2. The highest BCUT2D eigenvalue weighted by Crippen LogP contribution is 2.49. The molecular weight excluding hydrogens is 476 g/mol. The van der Waals surface area contributed by atoms with Gasteiger partial charge >= 0.3 is 0 Å². The second kappa shape index (κ2) is 9.86. The van der Waals surface area contributed by atoms with Gasteiger partial charge in [-0.1, -0.05) is 85.6 Å². The normalized spacial score (nSPS) is 15.7. The molecule has 1 saturated carbocycles. The van der Waals surface area contributed by atoms with Gasteiger partial charge < -0.3 is 4.74 Å². The number of ether oxygens (including phenoxy) is 1. The zero-order valence-corrected chi connectivity index (χ0v) is 22.3. The van der Waals surface area contributed by atoms with Gasteiger partial charge in [-0.2, -0.15) is 0 Å². The van der Waals surface area contributed by atoms with Crippen molar-refractivity contribution < 1.29 is 4.74 Å². The molecule has 188 valence electrons. The number of thioether (sulfide) groups is 1. The van der Waals surface area contributed by atoms with Gasteiger partial charge in [0.15, 0.2) is 5.16 Å². The molecular formula is C32H32N2O2S. The van der Waals surface area contributed by atoms with Crippen molar-refractivity contribution in [2.75, 3.05) is 7.11 Å². The van der Waals surface area contributed by atoms with E-state index < -0.39 is 0 Å². The molecule has 3 aromatic carbocycles. The third-order valence-electron chi connectivity index (χ3n) is 8.12. The molecule has 0 amide bonds. The first-order valence-corrected chi connectivity index (χ1v) is 14.2. The number of hydrogen-bond acceptors (Lipinski definition) is 4. The van der Waals surface area contributed by atoms with Crippen LogP contribution in [0.2, 0.25) is 0 Å². The van der Waals surface area contributed by atoms with Gasteiger partial charge in [0.05, 0.1) is 24.1 Å². The molecule has 1 spiro atoms. The van der Waals surface area contributed by atoms with Gasteiger partial charge in [0, 0.05) is 22.8 Å². The molecule has 0 unspecified atom stereocenters. The van der Waals surface area contributed by atoms with Crippen molar-refractivity contribution in [1.82, 2.24) is 9.55 Å². The lowest BCUT2D eigenvalue weighted by Gasteiger charge is -2.42. The minimum atomic E-state index is -0.147. The predicted octanol–water partition coefficient (Wildman–Crippen LogP) is 7.27. The molecule has 1 heterocycles. The van der Waals surface area contributed by atoms with Gasteiger partial charge in [0.2, 0.25) is 0 Å². The van der Waals surface area contributed by atoms with Crippen LogP contribution < -0.4 is 10.3 Å². The van der Waals surface area contributed by atoms with Crippen LogP contribution in [0, 0.1) is 6.92 Å². The number of aryl methyl sites for hydroxylation is 1. The minimum absolute atomic E-state index is 0.0712. The highest BCUT2D eigenvalue weighted by Gasteiger charge is 2.43. The maximum absolute atomic E-state index is 14.7. The highest BCUT2D eigenvalue weighted by atomic mass is 32.2. The first kappa shape index (κ1) is 24.1. The third-order valence-corrected chi connectivity index (χ3v) is 9.11.